The van der Waals surface area contributed by atoms with Gasteiger partial charge in [-0.25, -0.2) is 0 Å². The van der Waals surface area contributed by atoms with Gasteiger partial charge >= 0.3 is 0 Å². The van der Waals surface area contributed by atoms with Gasteiger partial charge in [0.1, 0.15) is 0 Å². The van der Waals surface area contributed by atoms with Gasteiger partial charge in [-0.3, -0.25) is 0 Å². The highest BCUT2D eigenvalue weighted by Gasteiger charge is 2.59. The van der Waals surface area contributed by atoms with Crippen LogP contribution in [0.3, 0.4) is 0 Å². The Morgan fingerprint density at radius 1 is 0.786 bits per heavy atom. The van der Waals surface area contributed by atoms with E-state index in [2.05, 4.69) is 13.0 Å². The van der Waals surface area contributed by atoms with Crippen molar-refractivity contribution in [2.75, 3.05) is 0 Å². The van der Waals surface area contributed by atoms with E-state index < -0.39 is 0 Å². The van der Waals surface area contributed by atoms with Crippen molar-refractivity contribution >= 4 is 0 Å². The smallest absolute Gasteiger partial charge is 0.0164 e. The van der Waals surface area contributed by atoms with Crippen LogP contribution in [-0.4, -0.2) is 0 Å². The zero-order chi connectivity index (χ0) is 20.1. The molecule has 5 rings (SSSR count). The fourth-order valence-electron chi connectivity index (χ4n) is 8.09. The lowest BCUT2D eigenvalue weighted by atomic mass is 9.52. The van der Waals surface area contributed by atoms with Crippen LogP contribution < -0.4 is 0 Å². The van der Waals surface area contributed by atoms with Crippen molar-refractivity contribution in [3.63, 3.8) is 0 Å². The zero-order valence-corrected chi connectivity index (χ0v) is 19.8. The molecule has 4 atom stereocenters. The molecule has 5 aliphatic rings. The Balaban J connectivity index is 0.000000531. The summed E-state index contributed by atoms with van der Waals surface area (Å²) in [5, 5.41) is 0. The van der Waals surface area contributed by atoms with Crippen LogP contribution in [0.1, 0.15) is 125 Å². The van der Waals surface area contributed by atoms with E-state index in [0.717, 1.165) is 23.7 Å². The molecule has 0 nitrogen and oxygen atoms in total. The van der Waals surface area contributed by atoms with Crippen molar-refractivity contribution in [1.29, 1.82) is 0 Å². The van der Waals surface area contributed by atoms with Crippen molar-refractivity contribution in [3.8, 4) is 0 Å². The maximum Gasteiger partial charge on any atom is 0.0164 e. The monoisotopic (exact) mass is 384 g/mol. The first-order valence-corrected chi connectivity index (χ1v) is 13.3. The second-order valence-electron chi connectivity index (χ2n) is 9.70. The number of rotatable bonds is 2. The van der Waals surface area contributed by atoms with Crippen molar-refractivity contribution in [1.82, 2.24) is 0 Å². The van der Waals surface area contributed by atoms with Crippen LogP contribution in [-0.2, 0) is 0 Å². The Morgan fingerprint density at radius 3 is 2.00 bits per heavy atom. The molecule has 0 radical (unpaired) electrons. The van der Waals surface area contributed by atoms with Gasteiger partial charge in [-0.2, -0.15) is 0 Å². The van der Waals surface area contributed by atoms with Gasteiger partial charge in [0.2, 0.25) is 0 Å². The van der Waals surface area contributed by atoms with Gasteiger partial charge in [-0.05, 0) is 86.2 Å². The average Bonchev–Trinajstić information content (AvgIpc) is 3.41. The van der Waals surface area contributed by atoms with Crippen molar-refractivity contribution < 1.29 is 0 Å². The quantitative estimate of drug-likeness (QED) is 0.445. The SMILES string of the molecule is CC.CC.CCCC1=CC2(C3=C1CCCCC3)C1CCCC1CC1CCCC12. The Morgan fingerprint density at radius 2 is 1.39 bits per heavy atom. The second-order valence-corrected chi connectivity index (χ2v) is 9.70. The third kappa shape index (κ3) is 3.56. The molecule has 0 aromatic carbocycles. The van der Waals surface area contributed by atoms with Crippen LogP contribution in [0, 0.1) is 29.1 Å². The Kier molecular flexibility index (Phi) is 7.91. The van der Waals surface area contributed by atoms with Crippen LogP contribution in [0.2, 0.25) is 0 Å². The predicted molar refractivity (Wildman–Crippen MR) is 125 cm³/mol. The van der Waals surface area contributed by atoms with E-state index >= 15 is 0 Å². The summed E-state index contributed by atoms with van der Waals surface area (Å²) >= 11 is 0. The topological polar surface area (TPSA) is 0 Å². The second kappa shape index (κ2) is 9.99. The summed E-state index contributed by atoms with van der Waals surface area (Å²) in [6.45, 7) is 10.4. The van der Waals surface area contributed by atoms with E-state index in [1.165, 1.54) is 57.8 Å². The van der Waals surface area contributed by atoms with Gasteiger partial charge in [-0.15, -0.1) is 0 Å². The molecule has 0 N–H and O–H groups in total. The number of fused-ring (bicyclic) bond motifs is 5. The van der Waals surface area contributed by atoms with E-state index in [1.807, 2.05) is 44.4 Å². The number of hydrogen-bond donors (Lipinski definition) is 0. The normalized spacial score (nSPS) is 38.4. The van der Waals surface area contributed by atoms with Crippen LogP contribution >= 0.6 is 0 Å². The Bertz CT molecular complexity index is 543. The van der Waals surface area contributed by atoms with Gasteiger partial charge in [0.15, 0.2) is 0 Å². The van der Waals surface area contributed by atoms with Crippen LogP contribution in [0.15, 0.2) is 22.8 Å². The molecule has 0 heterocycles. The zero-order valence-electron chi connectivity index (χ0n) is 19.8. The van der Waals surface area contributed by atoms with E-state index in [9.17, 15) is 0 Å². The largest absolute Gasteiger partial charge is 0.0702 e. The van der Waals surface area contributed by atoms with Gasteiger partial charge in [0.05, 0.1) is 0 Å². The van der Waals surface area contributed by atoms with Crippen molar-refractivity contribution in [3.05, 3.63) is 22.8 Å². The molecule has 0 aliphatic heterocycles. The molecule has 0 bridgehead atoms. The summed E-state index contributed by atoms with van der Waals surface area (Å²) < 4.78 is 0. The first-order chi connectivity index (χ1) is 13.8. The molecule has 0 aromatic heterocycles. The Labute approximate surface area is 176 Å². The molecular weight excluding hydrogens is 336 g/mol. The highest BCUT2D eigenvalue weighted by molar-refractivity contribution is 5.51. The highest BCUT2D eigenvalue weighted by atomic mass is 14.6. The molecule has 4 unspecified atom stereocenters. The molecule has 3 fully saturated rings. The summed E-state index contributed by atoms with van der Waals surface area (Å²) in [4.78, 5) is 0. The fraction of sp³-hybridized carbons (Fsp3) is 0.857. The average molecular weight is 385 g/mol. The van der Waals surface area contributed by atoms with Gasteiger partial charge in [-0.1, -0.05) is 84.8 Å². The minimum atomic E-state index is 0.546. The third-order valence-corrected chi connectivity index (χ3v) is 8.71. The summed E-state index contributed by atoms with van der Waals surface area (Å²) in [6, 6.07) is 0. The maximum absolute atomic E-state index is 2.94. The molecule has 5 aliphatic carbocycles. The molecule has 0 heteroatoms. The van der Waals surface area contributed by atoms with Crippen LogP contribution in [0.5, 0.6) is 0 Å². The molecular formula is C28H48. The minimum Gasteiger partial charge on any atom is -0.0702 e. The predicted octanol–water partition coefficient (Wildman–Crippen LogP) is 9.26. The first kappa shape index (κ1) is 22.2. The lowest BCUT2D eigenvalue weighted by Crippen LogP contribution is -2.45. The van der Waals surface area contributed by atoms with E-state index in [1.54, 1.807) is 32.1 Å². The molecule has 0 saturated heterocycles. The van der Waals surface area contributed by atoms with Gasteiger partial charge < -0.3 is 0 Å². The van der Waals surface area contributed by atoms with Crippen molar-refractivity contribution in [2.24, 2.45) is 29.1 Å². The highest BCUT2D eigenvalue weighted by Crippen LogP contribution is 2.68. The molecule has 0 amide bonds. The Hall–Kier alpha value is -0.520. The fourth-order valence-corrected chi connectivity index (χ4v) is 8.09. The van der Waals surface area contributed by atoms with E-state index in [-0.39, 0.29) is 0 Å². The number of hydrogen-bond acceptors (Lipinski definition) is 0. The minimum absolute atomic E-state index is 0.546. The molecule has 0 aromatic rings. The summed E-state index contributed by atoms with van der Waals surface area (Å²) in [5.74, 6) is 4.18. The standard InChI is InChI=1S/C24H36.2C2H6/c1-2-8-19-16-24(23-12-5-3-4-11-20(19)23)21-13-6-9-17(21)15-18-10-7-14-22(18)24;2*1-2/h16-18,21-22H,2-15H2,1H3;2*1-2H3. The maximum atomic E-state index is 2.94. The molecule has 3 saturated carbocycles. The van der Waals surface area contributed by atoms with Crippen LogP contribution in [0.4, 0.5) is 0 Å². The summed E-state index contributed by atoms with van der Waals surface area (Å²) in [6.07, 6.45) is 23.7. The van der Waals surface area contributed by atoms with Gasteiger partial charge in [0.25, 0.3) is 0 Å². The van der Waals surface area contributed by atoms with Crippen molar-refractivity contribution in [2.45, 2.75) is 125 Å². The van der Waals surface area contributed by atoms with Gasteiger partial charge in [0, 0.05) is 5.41 Å². The summed E-state index contributed by atoms with van der Waals surface area (Å²) in [7, 11) is 0. The third-order valence-electron chi connectivity index (χ3n) is 8.71. The van der Waals surface area contributed by atoms with E-state index in [0.29, 0.717) is 5.41 Å². The molecule has 28 heavy (non-hydrogen) atoms. The lowest BCUT2D eigenvalue weighted by Gasteiger charge is -2.52. The molecule has 1 spiro atoms. The summed E-state index contributed by atoms with van der Waals surface area (Å²) in [5.41, 5.74) is 6.28. The first-order valence-electron chi connectivity index (χ1n) is 13.3. The number of allylic oxidation sites excluding steroid dienone is 4. The van der Waals surface area contributed by atoms with Crippen LogP contribution in [0.25, 0.3) is 0 Å². The van der Waals surface area contributed by atoms with E-state index in [4.69, 9.17) is 0 Å². The lowest BCUT2D eigenvalue weighted by molar-refractivity contribution is 0.0368. The molecule has 160 valence electrons.